The molecular formula is C26H20F26O3. The fourth-order valence-corrected chi connectivity index (χ4v) is 3.89. The first-order chi connectivity index (χ1) is 24.0. The van der Waals surface area contributed by atoms with E-state index in [1.807, 2.05) is 0 Å². The van der Waals surface area contributed by atoms with Gasteiger partial charge in [0.15, 0.2) is 11.5 Å². The fourth-order valence-electron chi connectivity index (χ4n) is 3.89. The van der Waals surface area contributed by atoms with Gasteiger partial charge in [0, 0.05) is 12.8 Å². The molecule has 0 saturated heterocycles. The van der Waals surface area contributed by atoms with Crippen LogP contribution >= 0.6 is 0 Å². The molecule has 0 spiro atoms. The van der Waals surface area contributed by atoms with Crippen LogP contribution in [0.4, 0.5) is 114 Å². The first-order valence-corrected chi connectivity index (χ1v) is 14.0. The maximum atomic E-state index is 14.0. The van der Waals surface area contributed by atoms with Gasteiger partial charge in [0.25, 0.3) is 0 Å². The Balaban J connectivity index is 3.17. The molecule has 0 aliphatic heterocycles. The molecule has 3 nitrogen and oxygen atoms in total. The summed E-state index contributed by atoms with van der Waals surface area (Å²) in [7, 11) is 0. The zero-order valence-corrected chi connectivity index (χ0v) is 26.1. The molecular weight excluding hydrogens is 854 g/mol. The molecule has 0 saturated carbocycles. The van der Waals surface area contributed by atoms with E-state index in [1.165, 1.54) is 0 Å². The summed E-state index contributed by atoms with van der Waals surface area (Å²) in [5, 5.41) is 9.64. The summed E-state index contributed by atoms with van der Waals surface area (Å²) in [4.78, 5) is 0. The van der Waals surface area contributed by atoms with Crippen molar-refractivity contribution in [2.75, 3.05) is 13.2 Å². The molecule has 1 aromatic carbocycles. The van der Waals surface area contributed by atoms with Gasteiger partial charge in [0.05, 0.1) is 19.3 Å². The average molecular weight is 874 g/mol. The Morgan fingerprint density at radius 2 is 0.727 bits per heavy atom. The summed E-state index contributed by atoms with van der Waals surface area (Å²) in [6.45, 7) is -1.96. The molecule has 0 fully saturated rings. The van der Waals surface area contributed by atoms with E-state index in [4.69, 9.17) is 9.47 Å². The van der Waals surface area contributed by atoms with Gasteiger partial charge in [0.2, 0.25) is 0 Å². The second kappa shape index (κ2) is 15.0. The predicted octanol–water partition coefficient (Wildman–Crippen LogP) is 11.5. The van der Waals surface area contributed by atoms with Gasteiger partial charge in [-0.05, 0) is 37.5 Å². The zero-order chi connectivity index (χ0) is 44.1. The summed E-state index contributed by atoms with van der Waals surface area (Å²) in [5.74, 6) is -78.7. The number of halogens is 26. The van der Waals surface area contributed by atoms with Crippen LogP contribution in [0.3, 0.4) is 0 Å². The Bertz CT molecular complexity index is 1440. The van der Waals surface area contributed by atoms with Crippen molar-refractivity contribution in [2.24, 2.45) is 0 Å². The van der Waals surface area contributed by atoms with E-state index in [2.05, 4.69) is 0 Å². The molecule has 1 unspecified atom stereocenters. The highest BCUT2D eigenvalue weighted by Gasteiger charge is 2.92. The van der Waals surface area contributed by atoms with Crippen molar-refractivity contribution < 1.29 is 129 Å². The molecule has 0 amide bonds. The topological polar surface area (TPSA) is 38.7 Å². The minimum absolute atomic E-state index is 0.281. The number of aliphatic hydroxyl groups is 1. The number of hydrogen-bond acceptors (Lipinski definition) is 3. The Labute approximate surface area is 288 Å². The van der Waals surface area contributed by atoms with Crippen molar-refractivity contribution in [2.45, 2.75) is 110 Å². The van der Waals surface area contributed by atoms with Crippen molar-refractivity contribution in [3.63, 3.8) is 0 Å². The van der Waals surface area contributed by atoms with E-state index in [9.17, 15) is 119 Å². The van der Waals surface area contributed by atoms with E-state index >= 15 is 0 Å². The van der Waals surface area contributed by atoms with Crippen LogP contribution in [0.2, 0.25) is 0 Å². The zero-order valence-electron chi connectivity index (χ0n) is 26.1. The standard InChI is InChI=1S/C26H20F26O3/c1-11(53)12-4-5-13(54-8-2-6-15(27,28)17(31,32)19(35,36)21(39,40)23(43,44)25(47,48)49)14(10-12)55-9-3-7-16(29,30)18(33,34)20(37,38)22(41,42)24(45,46)26(50,51)52/h4-5,10-11,53H,2-3,6-9H2,1H3. The number of benzene rings is 1. The van der Waals surface area contributed by atoms with Crippen molar-refractivity contribution in [3.05, 3.63) is 23.8 Å². The summed E-state index contributed by atoms with van der Waals surface area (Å²) >= 11 is 0. The van der Waals surface area contributed by atoms with Crippen LogP contribution < -0.4 is 9.47 Å². The number of hydrogen-bond donors (Lipinski definition) is 1. The van der Waals surface area contributed by atoms with Crippen LogP contribution in [-0.4, -0.2) is 89.9 Å². The summed E-state index contributed by atoms with van der Waals surface area (Å²) < 4.78 is 354. The van der Waals surface area contributed by atoms with Crippen LogP contribution in [0, 0.1) is 0 Å². The molecule has 324 valence electrons. The highest BCUT2D eigenvalue weighted by Crippen LogP contribution is 2.62. The monoisotopic (exact) mass is 874 g/mol. The van der Waals surface area contributed by atoms with Gasteiger partial charge in [-0.2, -0.15) is 114 Å². The predicted molar refractivity (Wildman–Crippen MR) is 128 cm³/mol. The third-order valence-corrected chi connectivity index (χ3v) is 7.23. The van der Waals surface area contributed by atoms with E-state index in [1.54, 1.807) is 0 Å². The second-order valence-corrected chi connectivity index (χ2v) is 11.3. The molecule has 0 aliphatic rings. The Hall–Kier alpha value is -3.04. The molecule has 1 rings (SSSR count). The smallest absolute Gasteiger partial charge is 0.460 e. The van der Waals surface area contributed by atoms with Crippen LogP contribution in [0.25, 0.3) is 0 Å². The molecule has 0 aliphatic carbocycles. The van der Waals surface area contributed by atoms with E-state index < -0.39 is 128 Å². The molecule has 1 N–H and O–H groups in total. The number of aliphatic hydroxyl groups excluding tert-OH is 1. The van der Waals surface area contributed by atoms with Crippen LogP contribution in [-0.2, 0) is 0 Å². The minimum Gasteiger partial charge on any atom is -0.490 e. The first-order valence-electron chi connectivity index (χ1n) is 14.0. The normalized spacial score (nSPS) is 16.0. The van der Waals surface area contributed by atoms with Crippen molar-refractivity contribution in [3.8, 4) is 11.5 Å². The molecule has 0 radical (unpaired) electrons. The number of rotatable bonds is 19. The molecule has 1 aromatic rings. The molecule has 29 heteroatoms. The molecule has 0 aromatic heterocycles. The number of ether oxygens (including phenoxy) is 2. The first kappa shape index (κ1) is 50.0. The van der Waals surface area contributed by atoms with Crippen LogP contribution in [0.5, 0.6) is 11.5 Å². The van der Waals surface area contributed by atoms with E-state index in [0.29, 0.717) is 12.1 Å². The molecule has 0 bridgehead atoms. The SMILES string of the molecule is CC(O)c1ccc(OCCCC(F)(F)C(F)(F)C(F)(F)C(F)(F)C(F)(F)C(F)(F)F)c(OCCCC(F)(F)C(F)(F)C(F)(F)C(F)(F)C(F)(F)C(F)(F)F)c1. The van der Waals surface area contributed by atoms with Gasteiger partial charge in [-0.1, -0.05) is 6.07 Å². The average Bonchev–Trinajstić information content (AvgIpc) is 2.99. The van der Waals surface area contributed by atoms with Gasteiger partial charge in [0.1, 0.15) is 0 Å². The van der Waals surface area contributed by atoms with Gasteiger partial charge in [-0.25, -0.2) is 0 Å². The third-order valence-electron chi connectivity index (χ3n) is 7.23. The Morgan fingerprint density at radius 1 is 0.436 bits per heavy atom. The Kier molecular flexibility index (Phi) is 13.7. The van der Waals surface area contributed by atoms with Crippen molar-refractivity contribution in [1.29, 1.82) is 0 Å². The van der Waals surface area contributed by atoms with Crippen molar-refractivity contribution >= 4 is 0 Å². The van der Waals surface area contributed by atoms with Gasteiger partial charge in [-0.15, -0.1) is 0 Å². The molecule has 55 heavy (non-hydrogen) atoms. The summed E-state index contributed by atoms with van der Waals surface area (Å²) in [6, 6.07) is 2.09. The Morgan fingerprint density at radius 3 is 1.02 bits per heavy atom. The van der Waals surface area contributed by atoms with Crippen LogP contribution in [0.15, 0.2) is 18.2 Å². The lowest BCUT2D eigenvalue weighted by Gasteiger charge is -2.39. The van der Waals surface area contributed by atoms with E-state index in [-0.39, 0.29) is 5.56 Å². The second-order valence-electron chi connectivity index (χ2n) is 11.3. The van der Waals surface area contributed by atoms with E-state index in [0.717, 1.165) is 13.0 Å². The van der Waals surface area contributed by atoms with Crippen molar-refractivity contribution in [1.82, 2.24) is 0 Å². The summed E-state index contributed by atoms with van der Waals surface area (Å²) in [6.07, 6.45) is -25.7. The van der Waals surface area contributed by atoms with Crippen LogP contribution in [0.1, 0.15) is 44.3 Å². The fraction of sp³-hybridized carbons (Fsp3) is 0.769. The minimum atomic E-state index is -8.18. The maximum absolute atomic E-state index is 14.0. The third kappa shape index (κ3) is 8.49. The molecule has 0 heterocycles. The van der Waals surface area contributed by atoms with Gasteiger partial charge < -0.3 is 14.6 Å². The molecule has 1 atom stereocenters. The lowest BCUT2D eigenvalue weighted by atomic mass is 9.92. The quantitative estimate of drug-likeness (QED) is 0.111. The summed E-state index contributed by atoms with van der Waals surface area (Å²) in [5.41, 5.74) is -0.281. The largest absolute Gasteiger partial charge is 0.490 e. The highest BCUT2D eigenvalue weighted by atomic mass is 19.4. The lowest BCUT2D eigenvalue weighted by molar-refractivity contribution is -0.440. The maximum Gasteiger partial charge on any atom is 0.460 e. The van der Waals surface area contributed by atoms with Gasteiger partial charge >= 0.3 is 71.6 Å². The van der Waals surface area contributed by atoms with Gasteiger partial charge in [-0.3, -0.25) is 0 Å². The number of alkyl halides is 26. The lowest BCUT2D eigenvalue weighted by Crippen LogP contribution is -2.70. The highest BCUT2D eigenvalue weighted by molar-refractivity contribution is 5.43.